The summed E-state index contributed by atoms with van der Waals surface area (Å²) in [6, 6.07) is 11.1. The molecule has 0 N–H and O–H groups in total. The molecule has 2 heterocycles. The van der Waals surface area contributed by atoms with Gasteiger partial charge in [-0.25, -0.2) is 4.98 Å². The Morgan fingerprint density at radius 1 is 1.13 bits per heavy atom. The Labute approximate surface area is 149 Å². The fourth-order valence-corrected chi connectivity index (χ4v) is 3.13. The van der Waals surface area contributed by atoms with Crippen molar-refractivity contribution in [2.45, 2.75) is 6.42 Å². The van der Waals surface area contributed by atoms with Crippen LogP contribution in [0.25, 0.3) is 0 Å². The normalized spacial score (nSPS) is 15.4. The minimum absolute atomic E-state index is 0.0399. The molecule has 0 saturated carbocycles. The zero-order chi connectivity index (χ0) is 16.2. The van der Waals surface area contributed by atoms with Crippen molar-refractivity contribution in [2.24, 2.45) is 0 Å². The van der Waals surface area contributed by atoms with Crippen LogP contribution in [-0.2, 0) is 0 Å². The zero-order valence-corrected chi connectivity index (χ0v) is 14.9. The molecule has 4 nitrogen and oxygen atoms in total. The van der Waals surface area contributed by atoms with Crippen LogP contribution in [0, 0.1) is 0 Å². The lowest BCUT2D eigenvalue weighted by molar-refractivity contribution is 0.0767. The van der Waals surface area contributed by atoms with Gasteiger partial charge in [-0.2, -0.15) is 0 Å². The summed E-state index contributed by atoms with van der Waals surface area (Å²) in [5.74, 6) is 0.989. The summed E-state index contributed by atoms with van der Waals surface area (Å²) in [5, 5.41) is 0.589. The topological polar surface area (TPSA) is 36.4 Å². The fraction of sp³-hybridized carbons (Fsp3) is 0.294. The first-order valence-corrected chi connectivity index (χ1v) is 8.72. The minimum Gasteiger partial charge on any atom is -0.355 e. The van der Waals surface area contributed by atoms with Gasteiger partial charge < -0.3 is 9.80 Å². The highest BCUT2D eigenvalue weighted by Crippen LogP contribution is 2.18. The van der Waals surface area contributed by atoms with Gasteiger partial charge in [0.05, 0.1) is 0 Å². The quantitative estimate of drug-likeness (QED) is 0.776. The number of anilines is 1. The third kappa shape index (κ3) is 4.03. The number of rotatable bonds is 2. The van der Waals surface area contributed by atoms with Crippen molar-refractivity contribution < 1.29 is 4.79 Å². The summed E-state index contributed by atoms with van der Waals surface area (Å²) >= 11 is 9.39. The molecule has 0 radical (unpaired) electrons. The molecule has 0 aliphatic carbocycles. The number of benzene rings is 1. The Kier molecular flexibility index (Phi) is 5.18. The van der Waals surface area contributed by atoms with E-state index in [1.807, 2.05) is 29.2 Å². The molecule has 1 aromatic carbocycles. The first-order valence-electron chi connectivity index (χ1n) is 7.55. The van der Waals surface area contributed by atoms with E-state index in [1.165, 1.54) is 0 Å². The molecular weight excluding hydrogens is 378 g/mol. The van der Waals surface area contributed by atoms with E-state index < -0.39 is 0 Å². The van der Waals surface area contributed by atoms with Crippen molar-refractivity contribution in [1.29, 1.82) is 0 Å². The molecule has 1 aliphatic rings. The first kappa shape index (κ1) is 16.3. The van der Waals surface area contributed by atoms with Crippen LogP contribution in [0.1, 0.15) is 16.8 Å². The van der Waals surface area contributed by atoms with Crippen LogP contribution in [-0.4, -0.2) is 42.0 Å². The SMILES string of the molecule is O=C(c1cccc(Cl)c1)N1CCCN(c2ccc(Br)cn2)CC1. The van der Waals surface area contributed by atoms with Gasteiger partial charge in [0, 0.05) is 47.4 Å². The lowest BCUT2D eigenvalue weighted by atomic mass is 10.2. The van der Waals surface area contributed by atoms with Gasteiger partial charge in [-0.1, -0.05) is 17.7 Å². The maximum atomic E-state index is 12.6. The first-order chi connectivity index (χ1) is 11.1. The summed E-state index contributed by atoms with van der Waals surface area (Å²) in [5.41, 5.74) is 0.646. The Hall–Kier alpha value is -1.59. The summed E-state index contributed by atoms with van der Waals surface area (Å²) in [7, 11) is 0. The molecule has 1 aromatic heterocycles. The Morgan fingerprint density at radius 2 is 2.00 bits per heavy atom. The molecule has 23 heavy (non-hydrogen) atoms. The average molecular weight is 395 g/mol. The van der Waals surface area contributed by atoms with Crippen LogP contribution < -0.4 is 4.90 Å². The summed E-state index contributed by atoms with van der Waals surface area (Å²) < 4.78 is 0.967. The number of halogens is 2. The maximum absolute atomic E-state index is 12.6. The van der Waals surface area contributed by atoms with Crippen LogP contribution in [0.15, 0.2) is 47.1 Å². The third-order valence-electron chi connectivity index (χ3n) is 3.89. The van der Waals surface area contributed by atoms with Crippen molar-refractivity contribution in [1.82, 2.24) is 9.88 Å². The highest BCUT2D eigenvalue weighted by atomic mass is 79.9. The molecule has 120 valence electrons. The van der Waals surface area contributed by atoms with E-state index in [1.54, 1.807) is 18.3 Å². The number of amides is 1. The predicted octanol–water partition coefficient (Wildman–Crippen LogP) is 3.85. The lowest BCUT2D eigenvalue weighted by Gasteiger charge is -2.23. The Balaban J connectivity index is 1.68. The molecule has 0 spiro atoms. The van der Waals surface area contributed by atoms with E-state index in [4.69, 9.17) is 11.6 Å². The molecule has 2 aromatic rings. The van der Waals surface area contributed by atoms with Crippen LogP contribution in [0.3, 0.4) is 0 Å². The second-order valence-electron chi connectivity index (χ2n) is 5.48. The van der Waals surface area contributed by atoms with Crippen molar-refractivity contribution in [3.8, 4) is 0 Å². The molecule has 0 bridgehead atoms. The molecular formula is C17H17BrClN3O. The van der Waals surface area contributed by atoms with E-state index in [2.05, 4.69) is 25.8 Å². The van der Waals surface area contributed by atoms with Gasteiger partial charge in [-0.15, -0.1) is 0 Å². The molecule has 1 aliphatic heterocycles. The van der Waals surface area contributed by atoms with E-state index in [0.29, 0.717) is 17.1 Å². The predicted molar refractivity (Wildman–Crippen MR) is 96.1 cm³/mol. The average Bonchev–Trinajstić information content (AvgIpc) is 2.81. The molecule has 0 atom stereocenters. The van der Waals surface area contributed by atoms with Crippen LogP contribution >= 0.6 is 27.5 Å². The molecule has 1 amide bonds. The number of pyridine rings is 1. The maximum Gasteiger partial charge on any atom is 0.253 e. The van der Waals surface area contributed by atoms with Gasteiger partial charge in [-0.3, -0.25) is 4.79 Å². The molecule has 3 rings (SSSR count). The van der Waals surface area contributed by atoms with Crippen LogP contribution in [0.5, 0.6) is 0 Å². The van der Waals surface area contributed by atoms with E-state index in [9.17, 15) is 4.79 Å². The van der Waals surface area contributed by atoms with Gasteiger partial charge in [0.15, 0.2) is 0 Å². The minimum atomic E-state index is 0.0399. The largest absolute Gasteiger partial charge is 0.355 e. The number of carbonyl (C=O) groups is 1. The summed E-state index contributed by atoms with van der Waals surface area (Å²) in [4.78, 5) is 21.2. The van der Waals surface area contributed by atoms with Crippen LogP contribution in [0.2, 0.25) is 5.02 Å². The molecule has 0 unspecified atom stereocenters. The molecule has 6 heteroatoms. The monoisotopic (exact) mass is 393 g/mol. The number of hydrogen-bond donors (Lipinski definition) is 0. The van der Waals surface area contributed by atoms with Gasteiger partial charge in [-0.05, 0) is 52.7 Å². The standard InChI is InChI=1S/C17H17BrClN3O/c18-14-5-6-16(20-12-14)21-7-2-8-22(10-9-21)17(23)13-3-1-4-15(19)11-13/h1,3-6,11-12H,2,7-10H2. The van der Waals surface area contributed by atoms with Gasteiger partial charge in [0.2, 0.25) is 0 Å². The fourth-order valence-electron chi connectivity index (χ4n) is 2.71. The van der Waals surface area contributed by atoms with Crippen molar-refractivity contribution in [3.63, 3.8) is 0 Å². The van der Waals surface area contributed by atoms with E-state index in [0.717, 1.165) is 36.3 Å². The third-order valence-corrected chi connectivity index (χ3v) is 4.59. The number of aromatic nitrogens is 1. The summed E-state index contributed by atoms with van der Waals surface area (Å²) in [6.07, 6.45) is 2.72. The van der Waals surface area contributed by atoms with Crippen molar-refractivity contribution in [3.05, 3.63) is 57.7 Å². The number of hydrogen-bond acceptors (Lipinski definition) is 3. The second-order valence-corrected chi connectivity index (χ2v) is 6.83. The van der Waals surface area contributed by atoms with Gasteiger partial charge in [0.1, 0.15) is 5.82 Å². The smallest absolute Gasteiger partial charge is 0.253 e. The van der Waals surface area contributed by atoms with Crippen LogP contribution in [0.4, 0.5) is 5.82 Å². The number of carbonyl (C=O) groups excluding carboxylic acids is 1. The summed E-state index contributed by atoms with van der Waals surface area (Å²) in [6.45, 7) is 3.11. The van der Waals surface area contributed by atoms with E-state index >= 15 is 0 Å². The second kappa shape index (κ2) is 7.32. The molecule has 1 saturated heterocycles. The highest BCUT2D eigenvalue weighted by Gasteiger charge is 2.21. The van der Waals surface area contributed by atoms with Crippen molar-refractivity contribution >= 4 is 39.3 Å². The molecule has 1 fully saturated rings. The zero-order valence-electron chi connectivity index (χ0n) is 12.6. The number of nitrogens with zero attached hydrogens (tertiary/aromatic N) is 3. The Bertz CT molecular complexity index is 692. The van der Waals surface area contributed by atoms with E-state index in [-0.39, 0.29) is 5.91 Å². The van der Waals surface area contributed by atoms with Gasteiger partial charge >= 0.3 is 0 Å². The van der Waals surface area contributed by atoms with Crippen molar-refractivity contribution in [2.75, 3.05) is 31.1 Å². The Morgan fingerprint density at radius 3 is 2.74 bits per heavy atom. The van der Waals surface area contributed by atoms with Gasteiger partial charge in [0.25, 0.3) is 5.91 Å². The highest BCUT2D eigenvalue weighted by molar-refractivity contribution is 9.10. The lowest BCUT2D eigenvalue weighted by Crippen LogP contribution is -2.35.